The van der Waals surface area contributed by atoms with E-state index in [1.54, 1.807) is 0 Å². The average molecular weight is 497 g/mol. The molecule has 2 aliphatic rings. The van der Waals surface area contributed by atoms with Crippen molar-refractivity contribution in [3.63, 3.8) is 0 Å². The van der Waals surface area contributed by atoms with Crippen molar-refractivity contribution in [2.45, 2.75) is 56.2 Å². The largest absolute Gasteiger partial charge is 0.369 e. The second-order valence-corrected chi connectivity index (χ2v) is 8.37. The van der Waals surface area contributed by atoms with Crippen LogP contribution in [0.5, 0.6) is 0 Å². The number of nitrogens with one attached hydrogen (secondary N) is 2. The van der Waals surface area contributed by atoms with Gasteiger partial charge in [0.05, 0.1) is 0 Å². The van der Waals surface area contributed by atoms with Crippen molar-refractivity contribution in [3.8, 4) is 0 Å². The van der Waals surface area contributed by atoms with Gasteiger partial charge in [-0.15, -0.1) is 24.0 Å². The van der Waals surface area contributed by atoms with Gasteiger partial charge in [0.2, 0.25) is 5.91 Å². The summed E-state index contributed by atoms with van der Waals surface area (Å²) in [5, 5.41) is 7.80. The summed E-state index contributed by atoms with van der Waals surface area (Å²) in [6.45, 7) is 4.07. The molecule has 2 fully saturated rings. The molecule has 1 heterocycles. The molecule has 2 unspecified atom stereocenters. The molecule has 26 heavy (non-hydrogen) atoms. The highest BCUT2D eigenvalue weighted by atomic mass is 127. The molecule has 1 aliphatic carbocycles. The predicted octanol–water partition coefficient (Wildman–Crippen LogP) is 2.03. The van der Waals surface area contributed by atoms with E-state index in [2.05, 4.69) is 26.8 Å². The van der Waals surface area contributed by atoms with Crippen LogP contribution < -0.4 is 16.4 Å². The molecule has 2 rings (SSSR count). The average Bonchev–Trinajstić information content (AvgIpc) is 3.08. The lowest BCUT2D eigenvalue weighted by atomic mass is 9.96. The van der Waals surface area contributed by atoms with E-state index in [0.717, 1.165) is 56.7 Å². The SMILES string of the molecule is CN=C(NCCCCN1CCC(C(N)=O)CC1)NC1CCC(SC)C1.I. The Hall–Kier alpha value is -0.220. The summed E-state index contributed by atoms with van der Waals surface area (Å²) in [6, 6.07) is 0.565. The van der Waals surface area contributed by atoms with Gasteiger partial charge in [-0.2, -0.15) is 11.8 Å². The first-order chi connectivity index (χ1) is 12.1. The zero-order valence-electron chi connectivity index (χ0n) is 16.2. The van der Waals surface area contributed by atoms with E-state index in [9.17, 15) is 4.79 Å². The van der Waals surface area contributed by atoms with Gasteiger partial charge >= 0.3 is 0 Å². The Bertz CT molecular complexity index is 443. The molecular weight excluding hydrogens is 461 g/mol. The van der Waals surface area contributed by atoms with Crippen molar-refractivity contribution < 1.29 is 4.79 Å². The smallest absolute Gasteiger partial charge is 0.220 e. The molecule has 1 aliphatic heterocycles. The standard InChI is InChI=1S/C18H35N5OS.HI/c1-20-18(22-15-5-6-16(13-15)25-2)21-9-3-4-10-23-11-7-14(8-12-23)17(19)24;/h14-16H,3-13H2,1-2H3,(H2,19,24)(H2,20,21,22);1H. The monoisotopic (exact) mass is 497 g/mol. The molecule has 6 nitrogen and oxygen atoms in total. The van der Waals surface area contributed by atoms with E-state index in [-0.39, 0.29) is 35.8 Å². The first-order valence-corrected chi connectivity index (χ1v) is 10.9. The fourth-order valence-corrected chi connectivity index (χ4v) is 4.58. The van der Waals surface area contributed by atoms with E-state index < -0.39 is 0 Å². The second-order valence-electron chi connectivity index (χ2n) is 7.24. The summed E-state index contributed by atoms with van der Waals surface area (Å²) in [4.78, 5) is 18.0. The van der Waals surface area contributed by atoms with Crippen LogP contribution >= 0.6 is 35.7 Å². The van der Waals surface area contributed by atoms with Gasteiger partial charge in [-0.05, 0) is 70.8 Å². The number of nitrogens with two attached hydrogens (primary N) is 1. The van der Waals surface area contributed by atoms with E-state index in [1.807, 2.05) is 18.8 Å². The molecule has 0 spiro atoms. The number of guanidine groups is 1. The summed E-state index contributed by atoms with van der Waals surface area (Å²) in [5.74, 6) is 0.900. The number of unbranched alkanes of at least 4 members (excludes halogenated alkanes) is 1. The number of hydrogen-bond acceptors (Lipinski definition) is 4. The van der Waals surface area contributed by atoms with Crippen LogP contribution in [0.4, 0.5) is 0 Å². The maximum absolute atomic E-state index is 11.2. The normalized spacial score (nSPS) is 24.9. The Morgan fingerprint density at radius 3 is 2.54 bits per heavy atom. The quantitative estimate of drug-likeness (QED) is 0.207. The molecule has 152 valence electrons. The van der Waals surface area contributed by atoms with E-state index in [4.69, 9.17) is 5.73 Å². The van der Waals surface area contributed by atoms with Gasteiger partial charge in [0, 0.05) is 30.8 Å². The summed E-state index contributed by atoms with van der Waals surface area (Å²) in [5.41, 5.74) is 5.38. The third-order valence-corrected chi connectivity index (χ3v) is 6.56. The van der Waals surface area contributed by atoms with Crippen LogP contribution in [-0.2, 0) is 4.79 Å². The van der Waals surface area contributed by atoms with Crippen LogP contribution in [0.1, 0.15) is 44.9 Å². The lowest BCUT2D eigenvalue weighted by Gasteiger charge is -2.30. The van der Waals surface area contributed by atoms with Crippen LogP contribution in [0.3, 0.4) is 0 Å². The minimum absolute atomic E-state index is 0. The van der Waals surface area contributed by atoms with E-state index >= 15 is 0 Å². The van der Waals surface area contributed by atoms with Gasteiger partial charge in [-0.25, -0.2) is 0 Å². The number of halogens is 1. The molecule has 4 N–H and O–H groups in total. The zero-order valence-corrected chi connectivity index (χ0v) is 19.4. The van der Waals surface area contributed by atoms with Crippen LogP contribution in [0.25, 0.3) is 0 Å². The molecule has 0 bridgehead atoms. The first kappa shape index (κ1) is 23.8. The third kappa shape index (κ3) is 8.21. The number of amides is 1. The maximum Gasteiger partial charge on any atom is 0.220 e. The number of thioether (sulfide) groups is 1. The maximum atomic E-state index is 11.2. The van der Waals surface area contributed by atoms with Gasteiger partial charge in [-0.1, -0.05) is 0 Å². The lowest BCUT2D eigenvalue weighted by molar-refractivity contribution is -0.123. The van der Waals surface area contributed by atoms with Crippen molar-refractivity contribution in [1.82, 2.24) is 15.5 Å². The fourth-order valence-electron chi connectivity index (χ4n) is 3.78. The Morgan fingerprint density at radius 1 is 1.23 bits per heavy atom. The number of rotatable bonds is 8. The molecular formula is C18H36IN5OS. The molecule has 0 aromatic rings. The number of piperidine rings is 1. The van der Waals surface area contributed by atoms with Gasteiger partial charge in [0.15, 0.2) is 5.96 Å². The molecule has 0 aromatic heterocycles. The van der Waals surface area contributed by atoms with Gasteiger partial charge in [0.25, 0.3) is 0 Å². The number of carbonyl (C=O) groups excluding carboxylic acids is 1. The van der Waals surface area contributed by atoms with Crippen LogP contribution in [0, 0.1) is 5.92 Å². The minimum atomic E-state index is -0.131. The molecule has 1 saturated heterocycles. The first-order valence-electron chi connectivity index (χ1n) is 9.64. The van der Waals surface area contributed by atoms with Crippen molar-refractivity contribution in [1.29, 1.82) is 0 Å². The van der Waals surface area contributed by atoms with Gasteiger partial charge < -0.3 is 21.3 Å². The molecule has 1 saturated carbocycles. The third-order valence-electron chi connectivity index (χ3n) is 5.47. The highest BCUT2D eigenvalue weighted by molar-refractivity contribution is 14.0. The molecule has 0 aromatic carbocycles. The summed E-state index contributed by atoms with van der Waals surface area (Å²) < 4.78 is 0. The highest BCUT2D eigenvalue weighted by Gasteiger charge is 2.24. The van der Waals surface area contributed by atoms with E-state index in [0.29, 0.717) is 6.04 Å². The fraction of sp³-hybridized carbons (Fsp3) is 0.889. The number of aliphatic imine (C=N–C) groups is 1. The molecule has 0 radical (unpaired) electrons. The topological polar surface area (TPSA) is 82.8 Å². The number of likely N-dealkylation sites (tertiary alicyclic amines) is 1. The number of nitrogens with zero attached hydrogens (tertiary/aromatic N) is 2. The number of primary amides is 1. The second kappa shape index (κ2) is 13.0. The van der Waals surface area contributed by atoms with Crippen molar-refractivity contribution in [3.05, 3.63) is 0 Å². The van der Waals surface area contributed by atoms with Crippen molar-refractivity contribution in [2.75, 3.05) is 39.5 Å². The Balaban J connectivity index is 0.00000338. The lowest BCUT2D eigenvalue weighted by Crippen LogP contribution is -2.43. The van der Waals surface area contributed by atoms with Crippen LogP contribution in [0.2, 0.25) is 0 Å². The zero-order chi connectivity index (χ0) is 18.1. The van der Waals surface area contributed by atoms with Crippen LogP contribution in [-0.4, -0.2) is 67.5 Å². The number of carbonyl (C=O) groups is 1. The summed E-state index contributed by atoms with van der Waals surface area (Å²) in [7, 11) is 1.85. The predicted molar refractivity (Wildman–Crippen MR) is 122 cm³/mol. The van der Waals surface area contributed by atoms with Gasteiger partial charge in [0.1, 0.15) is 0 Å². The summed E-state index contributed by atoms with van der Waals surface area (Å²) in [6.07, 6.45) is 10.1. The summed E-state index contributed by atoms with van der Waals surface area (Å²) >= 11 is 1.98. The van der Waals surface area contributed by atoms with E-state index in [1.165, 1.54) is 25.7 Å². The molecule has 2 atom stereocenters. The van der Waals surface area contributed by atoms with Crippen molar-refractivity contribution in [2.24, 2.45) is 16.6 Å². The highest BCUT2D eigenvalue weighted by Crippen LogP contribution is 2.28. The van der Waals surface area contributed by atoms with Crippen LogP contribution in [0.15, 0.2) is 4.99 Å². The number of hydrogen-bond donors (Lipinski definition) is 3. The Morgan fingerprint density at radius 2 is 1.96 bits per heavy atom. The Labute approximate surface area is 179 Å². The van der Waals surface area contributed by atoms with Crippen molar-refractivity contribution >= 4 is 47.6 Å². The Kier molecular flexibility index (Phi) is 11.9. The molecule has 8 heteroatoms. The molecule has 1 amide bonds. The minimum Gasteiger partial charge on any atom is -0.369 e. The van der Waals surface area contributed by atoms with Gasteiger partial charge in [-0.3, -0.25) is 9.79 Å².